The number of carbonyl (C=O) groups is 2. The fraction of sp³-hybridized carbons (Fsp3) is 0.227. The van der Waals surface area contributed by atoms with Gasteiger partial charge in [0.05, 0.1) is 22.9 Å². The van der Waals surface area contributed by atoms with Crippen molar-refractivity contribution < 1.29 is 9.59 Å². The summed E-state index contributed by atoms with van der Waals surface area (Å²) in [6, 6.07) is 17.8. The zero-order valence-corrected chi connectivity index (χ0v) is 17.0. The summed E-state index contributed by atoms with van der Waals surface area (Å²) in [7, 11) is 0. The Hall–Kier alpha value is -3.32. The minimum absolute atomic E-state index is 0.0481. The van der Waals surface area contributed by atoms with E-state index in [1.54, 1.807) is 36.5 Å². The molecule has 1 aliphatic rings. The summed E-state index contributed by atoms with van der Waals surface area (Å²) in [5.74, 6) is 0.652. The van der Waals surface area contributed by atoms with E-state index in [9.17, 15) is 9.59 Å². The van der Waals surface area contributed by atoms with Gasteiger partial charge in [0.15, 0.2) is 0 Å². The third-order valence-corrected chi connectivity index (χ3v) is 5.48. The van der Waals surface area contributed by atoms with Crippen LogP contribution in [-0.4, -0.2) is 39.7 Å². The van der Waals surface area contributed by atoms with E-state index >= 15 is 0 Å². The van der Waals surface area contributed by atoms with Crippen LogP contribution < -0.4 is 10.6 Å². The molecular weight excluding hydrogens is 402 g/mol. The molecule has 0 atom stereocenters. The SMILES string of the molecule is O=C(Nc1ccccc1Cl)Nc1ccnn1C1CCN(C(=O)c2ccccc2)CC1. The lowest BCUT2D eigenvalue weighted by molar-refractivity contribution is 0.0691. The first-order chi connectivity index (χ1) is 14.6. The molecule has 7 nitrogen and oxygen atoms in total. The predicted molar refractivity (Wildman–Crippen MR) is 117 cm³/mol. The third kappa shape index (κ3) is 4.46. The summed E-state index contributed by atoms with van der Waals surface area (Å²) in [5, 5.41) is 10.4. The number of likely N-dealkylation sites (tertiary alicyclic amines) is 1. The summed E-state index contributed by atoms with van der Waals surface area (Å²) in [6.45, 7) is 1.28. The number of piperidine rings is 1. The smallest absolute Gasteiger partial charge is 0.324 e. The lowest BCUT2D eigenvalue weighted by atomic mass is 10.0. The van der Waals surface area contributed by atoms with E-state index in [0.717, 1.165) is 12.8 Å². The maximum atomic E-state index is 12.6. The second kappa shape index (κ2) is 9.00. The van der Waals surface area contributed by atoms with Crippen molar-refractivity contribution in [2.24, 2.45) is 0 Å². The Balaban J connectivity index is 1.36. The number of nitrogens with one attached hydrogen (secondary N) is 2. The number of nitrogens with zero attached hydrogens (tertiary/aromatic N) is 3. The van der Waals surface area contributed by atoms with Crippen LogP contribution in [0.2, 0.25) is 5.02 Å². The minimum atomic E-state index is -0.387. The standard InChI is InChI=1S/C22H22ClN5O2/c23-18-8-4-5-9-19(18)25-22(30)26-20-10-13-24-28(20)17-11-14-27(15-12-17)21(29)16-6-2-1-3-7-16/h1-10,13,17H,11-12,14-15H2,(H2,25,26,30). The lowest BCUT2D eigenvalue weighted by Gasteiger charge is -2.32. The normalized spacial score (nSPS) is 14.4. The topological polar surface area (TPSA) is 79.3 Å². The number of anilines is 2. The van der Waals surface area contributed by atoms with Gasteiger partial charge in [0, 0.05) is 24.7 Å². The molecule has 1 aromatic heterocycles. The Kier molecular flexibility index (Phi) is 5.99. The van der Waals surface area contributed by atoms with Crippen molar-refractivity contribution in [3.05, 3.63) is 77.4 Å². The Labute approximate surface area is 179 Å². The summed E-state index contributed by atoms with van der Waals surface area (Å²) in [6.07, 6.45) is 3.19. The maximum Gasteiger partial charge on any atom is 0.324 e. The molecule has 3 aromatic rings. The highest BCUT2D eigenvalue weighted by molar-refractivity contribution is 6.33. The van der Waals surface area contributed by atoms with Gasteiger partial charge in [-0.3, -0.25) is 10.1 Å². The van der Waals surface area contributed by atoms with Gasteiger partial charge >= 0.3 is 6.03 Å². The molecule has 1 saturated heterocycles. The zero-order chi connectivity index (χ0) is 20.9. The van der Waals surface area contributed by atoms with Crippen LogP contribution in [0.15, 0.2) is 66.9 Å². The molecule has 3 amide bonds. The first kappa shape index (κ1) is 20.0. The molecule has 0 unspecified atom stereocenters. The van der Waals surface area contributed by atoms with Gasteiger partial charge in [0.25, 0.3) is 5.91 Å². The fourth-order valence-corrected chi connectivity index (χ4v) is 3.80. The van der Waals surface area contributed by atoms with Gasteiger partial charge < -0.3 is 10.2 Å². The molecule has 0 aliphatic carbocycles. The van der Waals surface area contributed by atoms with Gasteiger partial charge in [0.1, 0.15) is 5.82 Å². The fourth-order valence-electron chi connectivity index (χ4n) is 3.61. The number of carbonyl (C=O) groups excluding carboxylic acids is 2. The van der Waals surface area contributed by atoms with Crippen molar-refractivity contribution >= 4 is 35.0 Å². The highest BCUT2D eigenvalue weighted by Gasteiger charge is 2.26. The average molecular weight is 424 g/mol. The second-order valence-electron chi connectivity index (χ2n) is 7.11. The van der Waals surface area contributed by atoms with Crippen LogP contribution in [0.4, 0.5) is 16.3 Å². The molecule has 2 N–H and O–H groups in total. The van der Waals surface area contributed by atoms with Crippen LogP contribution in [0.25, 0.3) is 0 Å². The molecule has 30 heavy (non-hydrogen) atoms. The monoisotopic (exact) mass is 423 g/mol. The molecule has 4 rings (SSSR count). The van der Waals surface area contributed by atoms with Crippen molar-refractivity contribution in [2.45, 2.75) is 18.9 Å². The molecular formula is C22H22ClN5O2. The number of aromatic nitrogens is 2. The molecule has 0 radical (unpaired) electrons. The van der Waals surface area contributed by atoms with Crippen LogP contribution in [0.1, 0.15) is 29.2 Å². The molecule has 2 heterocycles. The van der Waals surface area contributed by atoms with Crippen molar-refractivity contribution in [3.8, 4) is 0 Å². The highest BCUT2D eigenvalue weighted by atomic mass is 35.5. The average Bonchev–Trinajstić information content (AvgIpc) is 3.23. The number of hydrogen-bond acceptors (Lipinski definition) is 3. The van der Waals surface area contributed by atoms with Crippen molar-refractivity contribution in [2.75, 3.05) is 23.7 Å². The number of halogens is 1. The minimum Gasteiger partial charge on any atom is -0.338 e. The molecule has 1 fully saturated rings. The zero-order valence-electron chi connectivity index (χ0n) is 16.3. The Bertz CT molecular complexity index is 1030. The van der Waals surface area contributed by atoms with Crippen LogP contribution in [0.5, 0.6) is 0 Å². The first-order valence-electron chi connectivity index (χ1n) is 9.82. The van der Waals surface area contributed by atoms with E-state index in [1.807, 2.05) is 39.9 Å². The van der Waals surface area contributed by atoms with E-state index < -0.39 is 0 Å². The molecule has 1 aliphatic heterocycles. The Morgan fingerprint density at radius 2 is 1.63 bits per heavy atom. The van der Waals surface area contributed by atoms with E-state index in [4.69, 9.17) is 11.6 Å². The van der Waals surface area contributed by atoms with Gasteiger partial charge in [0.2, 0.25) is 0 Å². The Morgan fingerprint density at radius 3 is 2.37 bits per heavy atom. The van der Waals surface area contributed by atoms with Gasteiger partial charge in [-0.05, 0) is 37.1 Å². The largest absolute Gasteiger partial charge is 0.338 e. The number of para-hydroxylation sites is 1. The van der Waals surface area contributed by atoms with Gasteiger partial charge in [-0.1, -0.05) is 41.9 Å². The lowest BCUT2D eigenvalue weighted by Crippen LogP contribution is -2.39. The predicted octanol–water partition coefficient (Wildman–Crippen LogP) is 4.66. The molecule has 0 bridgehead atoms. The molecule has 8 heteroatoms. The highest BCUT2D eigenvalue weighted by Crippen LogP contribution is 2.27. The molecule has 154 valence electrons. The number of rotatable bonds is 4. The number of urea groups is 1. The quantitative estimate of drug-likeness (QED) is 0.640. The van der Waals surface area contributed by atoms with Crippen molar-refractivity contribution in [3.63, 3.8) is 0 Å². The molecule has 2 aromatic carbocycles. The maximum absolute atomic E-state index is 12.6. The third-order valence-electron chi connectivity index (χ3n) is 5.15. The van der Waals surface area contributed by atoms with E-state index in [0.29, 0.717) is 35.2 Å². The van der Waals surface area contributed by atoms with E-state index in [-0.39, 0.29) is 18.0 Å². The Morgan fingerprint density at radius 1 is 0.933 bits per heavy atom. The second-order valence-corrected chi connectivity index (χ2v) is 7.52. The van der Waals surface area contributed by atoms with Gasteiger partial charge in [-0.25, -0.2) is 9.48 Å². The van der Waals surface area contributed by atoms with Gasteiger partial charge in [-0.2, -0.15) is 5.10 Å². The molecule has 0 spiro atoms. The summed E-state index contributed by atoms with van der Waals surface area (Å²) >= 11 is 6.09. The van der Waals surface area contributed by atoms with Crippen LogP contribution >= 0.6 is 11.6 Å². The van der Waals surface area contributed by atoms with Crippen molar-refractivity contribution in [1.82, 2.24) is 14.7 Å². The number of amides is 3. The summed E-state index contributed by atoms with van der Waals surface area (Å²) < 4.78 is 1.82. The van der Waals surface area contributed by atoms with Crippen LogP contribution in [0, 0.1) is 0 Å². The summed E-state index contributed by atoms with van der Waals surface area (Å²) in [5.41, 5.74) is 1.24. The number of hydrogen-bond donors (Lipinski definition) is 2. The molecule has 0 saturated carbocycles. The first-order valence-corrected chi connectivity index (χ1v) is 10.2. The van der Waals surface area contributed by atoms with Crippen molar-refractivity contribution in [1.29, 1.82) is 0 Å². The summed E-state index contributed by atoms with van der Waals surface area (Å²) in [4.78, 5) is 26.9. The van der Waals surface area contributed by atoms with E-state index in [1.165, 1.54) is 0 Å². The number of benzene rings is 2. The van der Waals surface area contributed by atoms with Gasteiger partial charge in [-0.15, -0.1) is 0 Å². The van der Waals surface area contributed by atoms with Crippen LogP contribution in [0.3, 0.4) is 0 Å². The van der Waals surface area contributed by atoms with Crippen LogP contribution in [-0.2, 0) is 0 Å². The van der Waals surface area contributed by atoms with E-state index in [2.05, 4.69) is 15.7 Å².